The smallest absolute Gasteiger partial charge is 0 e. The van der Waals surface area contributed by atoms with Gasteiger partial charge in [-0.25, -0.2) is 0 Å². The van der Waals surface area contributed by atoms with E-state index >= 15 is 0 Å². The van der Waals surface area contributed by atoms with Crippen molar-refractivity contribution in [1.82, 2.24) is 0 Å². The van der Waals surface area contributed by atoms with E-state index < -0.39 is 12.8 Å². The van der Waals surface area contributed by atoms with Crippen molar-refractivity contribution in [3.05, 3.63) is 0 Å². The first-order chi connectivity index (χ1) is 35.4. The highest BCUT2D eigenvalue weighted by Crippen LogP contribution is 1.68. The van der Waals surface area contributed by atoms with E-state index in [0.717, 1.165) is 0 Å². The van der Waals surface area contributed by atoms with Crippen molar-refractivity contribution in [3.63, 3.8) is 0 Å². The van der Waals surface area contributed by atoms with Crippen LogP contribution in [-0.4, -0.2) is 102 Å². The summed E-state index contributed by atoms with van der Waals surface area (Å²) < 4.78 is 156. The molecule has 0 spiro atoms. The molecule has 0 aliphatic heterocycles. The molecule has 0 bridgehead atoms. The predicted octanol–water partition coefficient (Wildman–Crippen LogP) is 9.18. The molecule has 0 aromatic carbocycles. The van der Waals surface area contributed by atoms with Crippen LogP contribution in [0.4, 0.5) is 13.9 Å². The lowest BCUT2D eigenvalue weighted by Gasteiger charge is -2.05. The van der Waals surface area contributed by atoms with E-state index in [9.17, 15) is 0 Å². The van der Waals surface area contributed by atoms with Crippen LogP contribution in [0.1, 0.15) is 154 Å². The highest BCUT2D eigenvalue weighted by Gasteiger charge is 2.06. The van der Waals surface area contributed by atoms with Gasteiger partial charge in [0, 0.05) is 157 Å². The molecule has 54 heavy (non-hydrogen) atoms. The van der Waals surface area contributed by atoms with E-state index in [0.29, 0.717) is 0 Å². The van der Waals surface area contributed by atoms with Gasteiger partial charge >= 0.3 is 0 Å². The first kappa shape index (κ1) is 56.6. The summed E-state index contributed by atoms with van der Waals surface area (Å²) in [4.78, 5) is 0. The van der Waals surface area contributed by atoms with Crippen LogP contribution < -0.4 is 0 Å². The van der Waals surface area contributed by atoms with Crippen LogP contribution in [0.3, 0.4) is 0 Å². The molecule has 0 saturated carbocycles. The lowest BCUT2D eigenvalue weighted by atomic mass is 8.76. The second-order valence-corrected chi connectivity index (χ2v) is 5.77. The van der Waals surface area contributed by atoms with Gasteiger partial charge in [-0.1, -0.05) is 83.1 Å². The van der Waals surface area contributed by atoms with Crippen molar-refractivity contribution < 1.29 is 59.7 Å². The zero-order chi connectivity index (χ0) is 65.7. The maximum absolute atomic E-state index is 8.00. The molecule has 0 aliphatic rings. The summed E-state index contributed by atoms with van der Waals surface area (Å²) >= 11 is 0. The van der Waals surface area contributed by atoms with Crippen LogP contribution in [0.2, 0.25) is 0 Å². The zero-order valence-electron chi connectivity index (χ0n) is 55.6. The summed E-state index contributed by atoms with van der Waals surface area (Å²) in [5.74, 6) is 42.2. The standard InChI is InChI=1S/C8H6.C7H4.C5H4.C4H6.C3H4.C2H2.8CH4.2B7.F2.FH.17H2/c1-3-5-7-8-6-4-2;1-3-5-7-6-4-2;1-3-5-4-2;1-3-4-2;1-3-2;1-2;;;;;;;;;2*1-5-7(4)6(2)3;1-2;;;;;;;;;;;;;;;;;;/h1-2H3;1H,2H3;1H,2H3;1-2H3;1H,2H3;1-2H;8*1H4;;;;18*1H/i;;;;;;;;;;;;;;;;;;14*1+1D;1+1;;. The molecule has 0 N–H and O–H groups in total. The third-order valence-corrected chi connectivity index (χ3v) is 2.54. The summed E-state index contributed by atoms with van der Waals surface area (Å²) in [7, 11) is 43.2. The molecular formula is C37H93B14F3. The molecule has 0 fully saturated rings. The van der Waals surface area contributed by atoms with Crippen molar-refractivity contribution in [2.75, 3.05) is 0 Å². The van der Waals surface area contributed by atoms with Gasteiger partial charge in [0.25, 0.3) is 0 Å². The quantitative estimate of drug-likeness (QED) is 0.198. The highest BCUT2D eigenvalue weighted by atomic mass is 20.0. The van der Waals surface area contributed by atoms with Crippen molar-refractivity contribution in [1.29, 1.82) is 0 Å². The molecule has 0 amide bonds. The molecule has 18 radical (unpaired) electrons. The molecule has 0 aromatic rings. The number of hydrogen-bond acceptors (Lipinski definition) is 0. The van der Waals surface area contributed by atoms with Crippen LogP contribution in [0.25, 0.3) is 0 Å². The second-order valence-electron chi connectivity index (χ2n) is 5.77. The molecule has 0 rings (SSSR count). The molecule has 304 valence electrons. The van der Waals surface area contributed by atoms with Gasteiger partial charge in [-0.15, -0.1) is 49.9 Å². The summed E-state index contributed by atoms with van der Waals surface area (Å²) in [6.07, 6.45) is 20.2. The van der Waals surface area contributed by atoms with E-state index in [1.54, 1.807) is 34.6 Å². The Balaban J connectivity index is -0.00000000948. The van der Waals surface area contributed by atoms with Gasteiger partial charge in [-0.3, -0.25) is 4.70 Å². The molecule has 17 heteroatoms. The Bertz CT molecular complexity index is 1260. The van der Waals surface area contributed by atoms with Crippen LogP contribution in [0.15, 0.2) is 0 Å². The van der Waals surface area contributed by atoms with Gasteiger partial charge in [0.1, 0.15) is 0 Å². The Morgan fingerprint density at radius 3 is 0.722 bits per heavy atom. The van der Waals surface area contributed by atoms with Crippen LogP contribution in [0, 0.1) is 133 Å². The molecule has 0 aliphatic carbocycles. The number of hydrogen-bond donors (Lipinski definition) is 0. The normalized spacial score (nSPS) is 5.85. The van der Waals surface area contributed by atoms with Gasteiger partial charge in [-0.2, -0.15) is 0 Å². The summed E-state index contributed by atoms with van der Waals surface area (Å²) in [6.45, 7) is 12.2. The van der Waals surface area contributed by atoms with Crippen LogP contribution >= 0.6 is 0 Å². The van der Waals surface area contributed by atoms with E-state index in [1.807, 2.05) is 13.8 Å². The third-order valence-electron chi connectivity index (χ3n) is 2.54. The van der Waals surface area contributed by atoms with E-state index in [2.05, 4.69) is 120 Å². The Labute approximate surface area is 402 Å². The van der Waals surface area contributed by atoms with Crippen molar-refractivity contribution in [3.8, 4) is 133 Å². The van der Waals surface area contributed by atoms with Gasteiger partial charge in [-0.05, 0) is 108 Å². The first-order valence-electron chi connectivity index (χ1n) is 25.8. The summed E-state index contributed by atoms with van der Waals surface area (Å²) in [6, 6.07) is 0. The minimum Gasteiger partial charge on any atom is -0.269 e. The zero-order valence-corrected chi connectivity index (χ0v) is 27.6. The molecular weight excluding hydrogens is 653 g/mol. The van der Waals surface area contributed by atoms with Gasteiger partial charge in [0.05, 0.1) is 0 Å². The molecule has 0 saturated heterocycles. The highest BCUT2D eigenvalue weighted by molar-refractivity contribution is 7.82. The topological polar surface area (TPSA) is 0 Å². The third kappa shape index (κ3) is 266. The van der Waals surface area contributed by atoms with Crippen LogP contribution in [-0.2, 0) is 0 Å². The minimum atomic E-state index is -0.537. The monoisotopic (exact) mass is 778 g/mol. The summed E-state index contributed by atoms with van der Waals surface area (Å²) in [5, 5.41) is 0. The van der Waals surface area contributed by atoms with Crippen molar-refractivity contribution in [2.45, 2.75) is 108 Å². The van der Waals surface area contributed by atoms with Gasteiger partial charge in [0.2, 0.25) is 0 Å². The number of rotatable bonds is 4. The fraction of sp³-hybridized carbons (Fsp3) is 0.405. The Hall–Kier alpha value is -4.14. The van der Waals surface area contributed by atoms with Crippen LogP contribution in [0.5, 0.6) is 0 Å². The van der Waals surface area contributed by atoms with E-state index in [4.69, 9.17) is 125 Å². The maximum Gasteiger partial charge on any atom is 0 e. The number of halogens is 3. The lowest BCUT2D eigenvalue weighted by molar-refractivity contribution is 0.108. The molecule has 0 atom stereocenters. The Kier molecular flexibility index (Phi) is 163. The van der Waals surface area contributed by atoms with Gasteiger partial charge < -0.3 is 0 Å². The second kappa shape index (κ2) is 155. The summed E-state index contributed by atoms with van der Waals surface area (Å²) in [5.41, 5.74) is 0. The fourth-order valence-electron chi connectivity index (χ4n) is 0.646. The first-order valence-corrected chi connectivity index (χ1v) is 11.8. The average molecular weight is 776 g/mol. The van der Waals surface area contributed by atoms with E-state index in [-0.39, 0.29) is 81.2 Å². The lowest BCUT2D eigenvalue weighted by Crippen LogP contribution is -2.43. The van der Waals surface area contributed by atoms with Crippen molar-refractivity contribution >= 4 is 102 Å². The maximum atomic E-state index is 8.00. The van der Waals surface area contributed by atoms with E-state index in [1.165, 1.54) is 14.1 Å². The molecule has 0 nitrogen and oxygen atoms in total. The largest absolute Gasteiger partial charge is 0.269 e. The minimum absolute atomic E-state index is 0. The molecule has 0 aromatic heterocycles. The Morgan fingerprint density at radius 1 is 0.463 bits per heavy atom. The average Bonchev–Trinajstić information content (AvgIpc) is 3.51. The molecule has 0 heterocycles. The fourth-order valence-corrected chi connectivity index (χ4v) is 0.646. The number of terminal acetylenes is 4. The SMILES string of the molecule is C.C.C.C.C.C.C.C.C#C.C#CC.C#CC#CC.C#CC#CC#CC.CC#CC.CC#CC#CC#CC.F.FF.[2HH].[2H][2H].[2H][2H].[2H][2H].[2H][2H].[2H][2H].[2H][2H].[2H][2H].[2H][2H].[2H][2H].[2H][2H].[2H][2H].[2H][2H].[2H][2H].[2H][2H].[B][B]B([B])B([B])[B].[B][B]B([B])B([B])[B].[HH].[HH]. The van der Waals surface area contributed by atoms with Gasteiger partial charge in [0.15, 0.2) is 0 Å². The predicted molar refractivity (Wildman–Crippen MR) is 306 cm³/mol. The van der Waals surface area contributed by atoms with Crippen molar-refractivity contribution in [2.24, 2.45) is 0 Å². The molecule has 0 unspecified atom stereocenters. The Morgan fingerprint density at radius 2 is 0.648 bits per heavy atom.